The molecular weight excluding hydrogens is 250 g/mol. The first-order chi connectivity index (χ1) is 8.34. The monoisotopic (exact) mass is 265 g/mol. The number of benzene rings is 1. The van der Waals surface area contributed by atoms with Crippen molar-refractivity contribution in [2.24, 2.45) is 0 Å². The van der Waals surface area contributed by atoms with Gasteiger partial charge in [-0.25, -0.2) is 4.39 Å². The van der Waals surface area contributed by atoms with E-state index >= 15 is 0 Å². The van der Waals surface area contributed by atoms with E-state index in [1.165, 1.54) is 0 Å². The van der Waals surface area contributed by atoms with Crippen molar-refractivity contribution in [3.8, 4) is 0 Å². The molecule has 0 heterocycles. The molecule has 1 aromatic carbocycles. The third-order valence-corrected chi connectivity index (χ3v) is 2.27. The molecule has 0 saturated carbocycles. The molecule has 1 rings (SSSR count). The SMILES string of the molecule is CCOCC(C)Nc1ccc(C(F)(F)F)cc1F. The normalized spacial score (nSPS) is 13.4. The molecule has 0 aliphatic heterocycles. The Kier molecular flexibility index (Phi) is 4.95. The topological polar surface area (TPSA) is 21.3 Å². The molecule has 0 saturated heterocycles. The Hall–Kier alpha value is -1.30. The first-order valence-corrected chi connectivity index (χ1v) is 5.55. The Morgan fingerprint density at radius 2 is 2.00 bits per heavy atom. The van der Waals surface area contributed by atoms with Crippen molar-refractivity contribution in [2.45, 2.75) is 26.1 Å². The molecule has 0 aliphatic carbocycles. The van der Waals surface area contributed by atoms with Gasteiger partial charge in [-0.15, -0.1) is 0 Å². The van der Waals surface area contributed by atoms with Crippen LogP contribution in [0.3, 0.4) is 0 Å². The summed E-state index contributed by atoms with van der Waals surface area (Å²) < 4.78 is 55.5. The molecule has 0 aliphatic rings. The third-order valence-electron chi connectivity index (χ3n) is 2.27. The van der Waals surface area contributed by atoms with Crippen molar-refractivity contribution in [1.29, 1.82) is 0 Å². The number of alkyl halides is 3. The molecule has 102 valence electrons. The highest BCUT2D eigenvalue weighted by molar-refractivity contribution is 5.47. The van der Waals surface area contributed by atoms with Gasteiger partial charge in [-0.3, -0.25) is 0 Å². The van der Waals surface area contributed by atoms with Crippen LogP contribution in [0.25, 0.3) is 0 Å². The number of ether oxygens (including phenoxy) is 1. The van der Waals surface area contributed by atoms with Gasteiger partial charge in [-0.2, -0.15) is 13.2 Å². The quantitative estimate of drug-likeness (QED) is 0.820. The molecule has 0 spiro atoms. The molecule has 6 heteroatoms. The van der Waals surface area contributed by atoms with E-state index in [0.717, 1.165) is 12.1 Å². The summed E-state index contributed by atoms with van der Waals surface area (Å²) in [4.78, 5) is 0. The highest BCUT2D eigenvalue weighted by Gasteiger charge is 2.31. The fourth-order valence-corrected chi connectivity index (χ4v) is 1.41. The highest BCUT2D eigenvalue weighted by atomic mass is 19.4. The van der Waals surface area contributed by atoms with E-state index in [1.54, 1.807) is 6.92 Å². The largest absolute Gasteiger partial charge is 0.416 e. The van der Waals surface area contributed by atoms with Crippen molar-refractivity contribution < 1.29 is 22.3 Å². The van der Waals surface area contributed by atoms with Crippen molar-refractivity contribution in [3.63, 3.8) is 0 Å². The lowest BCUT2D eigenvalue weighted by atomic mass is 10.2. The third kappa shape index (κ3) is 4.18. The summed E-state index contributed by atoms with van der Waals surface area (Å²) in [5.74, 6) is -0.923. The maximum absolute atomic E-state index is 13.5. The summed E-state index contributed by atoms with van der Waals surface area (Å²) in [6, 6.07) is 2.23. The van der Waals surface area contributed by atoms with Gasteiger partial charge in [0.15, 0.2) is 0 Å². The molecule has 0 bridgehead atoms. The Bertz CT molecular complexity index is 392. The van der Waals surface area contributed by atoms with E-state index in [9.17, 15) is 17.6 Å². The second kappa shape index (κ2) is 6.04. The van der Waals surface area contributed by atoms with Gasteiger partial charge < -0.3 is 10.1 Å². The molecule has 0 fully saturated rings. The van der Waals surface area contributed by atoms with Crippen LogP contribution in [0.15, 0.2) is 18.2 Å². The van der Waals surface area contributed by atoms with E-state index < -0.39 is 17.6 Å². The van der Waals surface area contributed by atoms with Crippen molar-refractivity contribution in [3.05, 3.63) is 29.6 Å². The van der Waals surface area contributed by atoms with E-state index in [1.807, 2.05) is 6.92 Å². The molecule has 18 heavy (non-hydrogen) atoms. The van der Waals surface area contributed by atoms with Gasteiger partial charge in [0.25, 0.3) is 0 Å². The Morgan fingerprint density at radius 1 is 1.33 bits per heavy atom. The maximum atomic E-state index is 13.5. The number of rotatable bonds is 5. The average Bonchev–Trinajstić information content (AvgIpc) is 2.27. The van der Waals surface area contributed by atoms with Crippen LogP contribution in [0.5, 0.6) is 0 Å². The average molecular weight is 265 g/mol. The molecule has 1 unspecified atom stereocenters. The minimum Gasteiger partial charge on any atom is -0.380 e. The molecule has 1 aromatic rings. The summed E-state index contributed by atoms with van der Waals surface area (Å²) in [7, 11) is 0. The zero-order valence-electron chi connectivity index (χ0n) is 10.1. The van der Waals surface area contributed by atoms with Gasteiger partial charge in [0, 0.05) is 12.6 Å². The summed E-state index contributed by atoms with van der Waals surface area (Å²) in [5.41, 5.74) is -0.960. The minimum absolute atomic E-state index is 0.0372. The lowest BCUT2D eigenvalue weighted by Crippen LogP contribution is -2.22. The zero-order chi connectivity index (χ0) is 13.8. The summed E-state index contributed by atoms with van der Waals surface area (Å²) in [6.45, 7) is 4.47. The highest BCUT2D eigenvalue weighted by Crippen LogP contribution is 2.31. The van der Waals surface area contributed by atoms with E-state index in [-0.39, 0.29) is 11.7 Å². The fourth-order valence-electron chi connectivity index (χ4n) is 1.41. The second-order valence-corrected chi connectivity index (χ2v) is 3.90. The van der Waals surface area contributed by atoms with Gasteiger partial charge in [0.1, 0.15) is 5.82 Å². The van der Waals surface area contributed by atoms with E-state index in [0.29, 0.717) is 19.3 Å². The van der Waals surface area contributed by atoms with Crippen molar-refractivity contribution in [1.82, 2.24) is 0 Å². The molecule has 0 amide bonds. The summed E-state index contributed by atoms with van der Waals surface area (Å²) >= 11 is 0. The second-order valence-electron chi connectivity index (χ2n) is 3.90. The molecule has 2 nitrogen and oxygen atoms in total. The Labute approximate surface area is 103 Å². The molecule has 1 N–H and O–H groups in total. The Morgan fingerprint density at radius 3 is 2.50 bits per heavy atom. The summed E-state index contributed by atoms with van der Waals surface area (Å²) in [5, 5.41) is 2.76. The summed E-state index contributed by atoms with van der Waals surface area (Å²) in [6.07, 6.45) is -4.53. The molecule has 0 aromatic heterocycles. The van der Waals surface area contributed by atoms with Crippen molar-refractivity contribution >= 4 is 5.69 Å². The molecule has 1 atom stereocenters. The van der Waals surface area contributed by atoms with Gasteiger partial charge in [-0.1, -0.05) is 0 Å². The van der Waals surface area contributed by atoms with E-state index in [4.69, 9.17) is 4.74 Å². The lowest BCUT2D eigenvalue weighted by molar-refractivity contribution is -0.137. The van der Waals surface area contributed by atoms with Crippen LogP contribution in [0, 0.1) is 5.82 Å². The predicted octanol–water partition coefficient (Wildman–Crippen LogP) is 3.68. The van der Waals surface area contributed by atoms with Gasteiger partial charge in [0.2, 0.25) is 0 Å². The lowest BCUT2D eigenvalue weighted by Gasteiger charge is -2.16. The van der Waals surface area contributed by atoms with Gasteiger partial charge >= 0.3 is 6.18 Å². The van der Waals surface area contributed by atoms with Crippen LogP contribution < -0.4 is 5.32 Å². The number of halogens is 4. The standard InChI is InChI=1S/C12H15F4NO/c1-3-18-7-8(2)17-11-5-4-9(6-10(11)13)12(14,15)16/h4-6,8,17H,3,7H2,1-2H3. The minimum atomic E-state index is -4.53. The van der Waals surface area contributed by atoms with Gasteiger partial charge in [0.05, 0.1) is 17.9 Å². The van der Waals surface area contributed by atoms with Crippen LogP contribution >= 0.6 is 0 Å². The Balaban J connectivity index is 2.74. The molecular formula is C12H15F4NO. The van der Waals surface area contributed by atoms with Crippen LogP contribution in [-0.2, 0) is 10.9 Å². The van der Waals surface area contributed by atoms with Crippen LogP contribution in [0.2, 0.25) is 0 Å². The number of hydrogen-bond donors (Lipinski definition) is 1. The molecule has 0 radical (unpaired) electrons. The number of hydrogen-bond acceptors (Lipinski definition) is 2. The van der Waals surface area contributed by atoms with E-state index in [2.05, 4.69) is 5.32 Å². The fraction of sp³-hybridized carbons (Fsp3) is 0.500. The van der Waals surface area contributed by atoms with Crippen LogP contribution in [-0.4, -0.2) is 19.3 Å². The smallest absolute Gasteiger partial charge is 0.380 e. The number of nitrogens with one attached hydrogen (secondary N) is 1. The van der Waals surface area contributed by atoms with Crippen LogP contribution in [0.1, 0.15) is 19.4 Å². The van der Waals surface area contributed by atoms with Crippen molar-refractivity contribution in [2.75, 3.05) is 18.5 Å². The maximum Gasteiger partial charge on any atom is 0.416 e. The first-order valence-electron chi connectivity index (χ1n) is 5.55. The van der Waals surface area contributed by atoms with Gasteiger partial charge in [-0.05, 0) is 32.0 Å². The first kappa shape index (κ1) is 14.8. The zero-order valence-corrected chi connectivity index (χ0v) is 10.1. The predicted molar refractivity (Wildman–Crippen MR) is 61.0 cm³/mol. The van der Waals surface area contributed by atoms with Crippen LogP contribution in [0.4, 0.5) is 23.2 Å². The number of anilines is 1.